The molecule has 0 bridgehead atoms. The zero-order valence-corrected chi connectivity index (χ0v) is 20.1. The molecule has 2 atom stereocenters. The van der Waals surface area contributed by atoms with Crippen molar-refractivity contribution in [2.45, 2.75) is 64.1 Å². The Morgan fingerprint density at radius 2 is 1.82 bits per heavy atom. The van der Waals surface area contributed by atoms with Gasteiger partial charge in [0.25, 0.3) is 0 Å². The number of Topliss-reactive ketones (excluding diaryl/α,β-unsaturated/α-hetero) is 1. The highest BCUT2D eigenvalue weighted by atomic mass is 19.4. The number of aliphatic hydroxyl groups is 1. The highest BCUT2D eigenvalue weighted by Crippen LogP contribution is 2.48. The van der Waals surface area contributed by atoms with Gasteiger partial charge >= 0.3 is 6.18 Å². The molecule has 2 aromatic rings. The number of fused-ring (bicyclic) bond motifs is 2. The summed E-state index contributed by atoms with van der Waals surface area (Å²) >= 11 is 0. The van der Waals surface area contributed by atoms with Gasteiger partial charge in [0.15, 0.2) is 11.4 Å². The average Bonchev–Trinajstić information content (AvgIpc) is 3.25. The number of hydrogen-bond acceptors (Lipinski definition) is 4. The van der Waals surface area contributed by atoms with E-state index in [0.29, 0.717) is 35.6 Å². The molecule has 0 saturated heterocycles. The Morgan fingerprint density at radius 3 is 2.50 bits per heavy atom. The number of carbonyl (C=O) groups excluding carboxylic acids is 1. The molecule has 4 nitrogen and oxygen atoms in total. The minimum Gasteiger partial charge on any atom is -0.493 e. The van der Waals surface area contributed by atoms with E-state index in [4.69, 9.17) is 4.74 Å². The highest BCUT2D eigenvalue weighted by Gasteiger charge is 2.58. The lowest BCUT2D eigenvalue weighted by Crippen LogP contribution is -2.59. The molecule has 0 amide bonds. The summed E-state index contributed by atoms with van der Waals surface area (Å²) in [6.45, 7) is 6.99. The molecule has 0 fully saturated rings. The number of para-hydroxylation sites is 2. The molecule has 2 heterocycles. The minimum atomic E-state index is -4.87. The first-order valence-corrected chi connectivity index (χ1v) is 11.7. The summed E-state index contributed by atoms with van der Waals surface area (Å²) in [5.74, 6) is 0.539. The molecule has 184 valence electrons. The number of alkyl halides is 3. The van der Waals surface area contributed by atoms with Crippen molar-refractivity contribution in [3.63, 3.8) is 0 Å². The zero-order valence-electron chi connectivity index (χ0n) is 20.1. The van der Waals surface area contributed by atoms with Gasteiger partial charge in [-0.05, 0) is 36.0 Å². The van der Waals surface area contributed by atoms with Crippen LogP contribution in [0, 0.1) is 5.41 Å². The number of ether oxygens (including phenoxy) is 1. The van der Waals surface area contributed by atoms with E-state index in [1.54, 1.807) is 45.0 Å². The molecule has 0 saturated carbocycles. The normalized spacial score (nSPS) is 20.7. The fraction of sp³-hybridized carbons (Fsp3) is 0.519. The van der Waals surface area contributed by atoms with Gasteiger partial charge in [0.05, 0.1) is 13.2 Å². The predicted molar refractivity (Wildman–Crippen MR) is 126 cm³/mol. The highest BCUT2D eigenvalue weighted by molar-refractivity contribution is 6.06. The second kappa shape index (κ2) is 8.29. The third kappa shape index (κ3) is 4.08. The number of halogens is 3. The van der Waals surface area contributed by atoms with Crippen LogP contribution in [0.5, 0.6) is 5.75 Å². The Labute approximate surface area is 198 Å². The van der Waals surface area contributed by atoms with E-state index in [1.165, 1.54) is 4.90 Å². The summed E-state index contributed by atoms with van der Waals surface area (Å²) in [6, 6.07) is 12.3. The quantitative estimate of drug-likeness (QED) is 0.582. The topological polar surface area (TPSA) is 49.8 Å². The summed E-state index contributed by atoms with van der Waals surface area (Å²) in [7, 11) is 0. The molecular formula is C27H32F3NO3. The Balaban J connectivity index is 1.74. The average molecular weight is 476 g/mol. The van der Waals surface area contributed by atoms with Gasteiger partial charge in [-0.1, -0.05) is 58.0 Å². The van der Waals surface area contributed by atoms with Gasteiger partial charge in [-0.15, -0.1) is 0 Å². The molecule has 2 unspecified atom stereocenters. The third-order valence-electron chi connectivity index (χ3n) is 7.50. The molecule has 2 aliphatic heterocycles. The second-order valence-electron chi connectivity index (χ2n) is 10.6. The van der Waals surface area contributed by atoms with Crippen LogP contribution in [0.15, 0.2) is 42.5 Å². The summed E-state index contributed by atoms with van der Waals surface area (Å²) in [4.78, 5) is 14.4. The van der Waals surface area contributed by atoms with E-state index < -0.39 is 35.6 Å². The molecule has 0 aromatic heterocycles. The van der Waals surface area contributed by atoms with Crippen molar-refractivity contribution < 1.29 is 27.8 Å². The smallest absolute Gasteiger partial charge is 0.418 e. The van der Waals surface area contributed by atoms with Crippen LogP contribution in [0.2, 0.25) is 0 Å². The van der Waals surface area contributed by atoms with Crippen molar-refractivity contribution in [2.24, 2.45) is 5.41 Å². The van der Waals surface area contributed by atoms with Crippen LogP contribution >= 0.6 is 0 Å². The summed E-state index contributed by atoms with van der Waals surface area (Å²) in [5, 5.41) is 11.3. The van der Waals surface area contributed by atoms with Crippen LogP contribution in [0.25, 0.3) is 0 Å². The van der Waals surface area contributed by atoms with E-state index in [-0.39, 0.29) is 12.3 Å². The van der Waals surface area contributed by atoms with Crippen LogP contribution in [-0.4, -0.2) is 42.4 Å². The number of carbonyl (C=O) groups is 1. The number of nitrogens with zero attached hydrogens (tertiary/aromatic N) is 1. The van der Waals surface area contributed by atoms with Crippen LogP contribution in [0.1, 0.15) is 62.0 Å². The second-order valence-corrected chi connectivity index (χ2v) is 10.6. The predicted octanol–water partition coefficient (Wildman–Crippen LogP) is 5.70. The SMILES string of the molecule is CCC(C)(CC(O)(CN1CC(C)(C)C(=O)c2ccccc21)C(F)(F)F)c1cccc2c1OCC2. The Kier molecular flexibility index (Phi) is 6.00. The largest absolute Gasteiger partial charge is 0.493 e. The van der Waals surface area contributed by atoms with Crippen molar-refractivity contribution in [1.29, 1.82) is 0 Å². The van der Waals surface area contributed by atoms with Crippen molar-refractivity contribution in [1.82, 2.24) is 0 Å². The number of ketones is 1. The maximum absolute atomic E-state index is 14.6. The Hall–Kier alpha value is -2.54. The fourth-order valence-corrected chi connectivity index (χ4v) is 5.39. The van der Waals surface area contributed by atoms with E-state index in [1.807, 2.05) is 25.1 Å². The molecule has 7 heteroatoms. The molecule has 0 spiro atoms. The summed E-state index contributed by atoms with van der Waals surface area (Å²) in [6.07, 6.45) is -4.28. The third-order valence-corrected chi connectivity index (χ3v) is 7.50. The van der Waals surface area contributed by atoms with Gasteiger partial charge in [0, 0.05) is 35.2 Å². The first kappa shape index (κ1) is 24.6. The monoisotopic (exact) mass is 475 g/mol. The van der Waals surface area contributed by atoms with Crippen molar-refractivity contribution in [3.8, 4) is 5.75 Å². The lowest BCUT2D eigenvalue weighted by Gasteiger charge is -2.46. The minimum absolute atomic E-state index is 0.0912. The molecule has 34 heavy (non-hydrogen) atoms. The van der Waals surface area contributed by atoms with Gasteiger partial charge in [-0.25, -0.2) is 0 Å². The van der Waals surface area contributed by atoms with Crippen molar-refractivity contribution in [3.05, 3.63) is 59.2 Å². The zero-order chi connectivity index (χ0) is 24.9. The van der Waals surface area contributed by atoms with Crippen LogP contribution in [0.4, 0.5) is 18.9 Å². The maximum atomic E-state index is 14.6. The lowest BCUT2D eigenvalue weighted by molar-refractivity contribution is -0.263. The van der Waals surface area contributed by atoms with Gasteiger partial charge in [0.2, 0.25) is 0 Å². The maximum Gasteiger partial charge on any atom is 0.418 e. The molecular weight excluding hydrogens is 443 g/mol. The number of rotatable bonds is 6. The van der Waals surface area contributed by atoms with E-state index >= 15 is 0 Å². The van der Waals surface area contributed by atoms with E-state index in [0.717, 1.165) is 12.0 Å². The lowest BCUT2D eigenvalue weighted by atomic mass is 9.70. The van der Waals surface area contributed by atoms with Crippen LogP contribution in [0.3, 0.4) is 0 Å². The van der Waals surface area contributed by atoms with Crippen molar-refractivity contribution >= 4 is 11.5 Å². The van der Waals surface area contributed by atoms with Crippen LogP contribution in [-0.2, 0) is 11.8 Å². The number of hydrogen-bond donors (Lipinski definition) is 1. The fourth-order valence-electron chi connectivity index (χ4n) is 5.39. The van der Waals surface area contributed by atoms with E-state index in [9.17, 15) is 23.1 Å². The number of β-amino-alcohol motifs (C(OH)–C–C–N with tert-alkyl or cyclic N) is 1. The number of benzene rings is 2. The Morgan fingerprint density at radius 1 is 1.12 bits per heavy atom. The van der Waals surface area contributed by atoms with Crippen LogP contribution < -0.4 is 9.64 Å². The first-order valence-electron chi connectivity index (χ1n) is 11.7. The van der Waals surface area contributed by atoms with Gasteiger partial charge in [0.1, 0.15) is 5.75 Å². The summed E-state index contributed by atoms with van der Waals surface area (Å²) in [5.41, 5.74) is -2.35. The van der Waals surface area contributed by atoms with Gasteiger partial charge in [-0.2, -0.15) is 13.2 Å². The Bertz CT molecular complexity index is 1100. The number of anilines is 1. The molecule has 1 N–H and O–H groups in total. The molecule has 2 aliphatic rings. The molecule has 4 rings (SSSR count). The molecule has 0 aliphatic carbocycles. The molecule has 0 radical (unpaired) electrons. The van der Waals surface area contributed by atoms with Gasteiger partial charge < -0.3 is 14.7 Å². The van der Waals surface area contributed by atoms with Crippen molar-refractivity contribution in [2.75, 3.05) is 24.6 Å². The van der Waals surface area contributed by atoms with Gasteiger partial charge in [-0.3, -0.25) is 4.79 Å². The van der Waals surface area contributed by atoms with E-state index in [2.05, 4.69) is 0 Å². The molecule has 2 aromatic carbocycles. The standard InChI is InChI=1S/C27H32F3NO3/c1-5-25(4,20-11-8-9-18-13-14-34-22(18)20)15-26(33,27(28,29)30)17-31-16-24(2,3)23(32)19-10-6-7-12-21(19)31/h6-12,33H,5,13-17H2,1-4H3. The summed E-state index contributed by atoms with van der Waals surface area (Å²) < 4.78 is 49.6. The first-order chi connectivity index (χ1) is 15.8.